The molecule has 0 amide bonds. The van der Waals surface area contributed by atoms with Gasteiger partial charge in [0.25, 0.3) is 0 Å². The average Bonchev–Trinajstić information content (AvgIpc) is 2.82. The van der Waals surface area contributed by atoms with Gasteiger partial charge in [0.05, 0.1) is 27.4 Å². The quantitative estimate of drug-likeness (QED) is 0.176. The summed E-state index contributed by atoms with van der Waals surface area (Å²) in [7, 11) is 6.62. The van der Waals surface area contributed by atoms with Crippen LogP contribution in [0.3, 0.4) is 0 Å². The lowest BCUT2D eigenvalue weighted by Crippen LogP contribution is -2.39. The average molecular weight is 557 g/mol. The van der Waals surface area contributed by atoms with E-state index in [9.17, 15) is 0 Å². The number of hydrogen-bond acceptors (Lipinski definition) is 5. The molecule has 0 fully saturated rings. The summed E-state index contributed by atoms with van der Waals surface area (Å²) < 4.78 is 22.2. The Kier molecular flexibility index (Phi) is 13.5. The van der Waals surface area contributed by atoms with Crippen LogP contribution in [0.2, 0.25) is 0 Å². The Bertz CT molecular complexity index is 818. The van der Waals surface area contributed by atoms with E-state index in [2.05, 4.69) is 34.7 Å². The van der Waals surface area contributed by atoms with Gasteiger partial charge in [-0.1, -0.05) is 36.4 Å². The molecule has 8 heteroatoms. The molecule has 2 aromatic carbocycles. The second-order valence-electron chi connectivity index (χ2n) is 6.95. The van der Waals surface area contributed by atoms with Crippen molar-refractivity contribution in [2.24, 2.45) is 4.99 Å². The van der Waals surface area contributed by atoms with Crippen molar-refractivity contribution in [1.29, 1.82) is 0 Å². The smallest absolute Gasteiger partial charge is 0.203 e. The summed E-state index contributed by atoms with van der Waals surface area (Å²) in [6.07, 6.45) is 1.73. The number of methoxy groups -OCH3 is 3. The van der Waals surface area contributed by atoms with Crippen molar-refractivity contribution in [3.63, 3.8) is 0 Å². The molecule has 0 saturated carbocycles. The van der Waals surface area contributed by atoms with Gasteiger partial charge in [-0.05, 0) is 31.4 Å². The molecule has 1 atom stereocenters. The zero-order chi connectivity index (χ0) is 22.5. The molecule has 2 aromatic rings. The third-order valence-corrected chi connectivity index (χ3v) is 4.95. The van der Waals surface area contributed by atoms with E-state index in [1.165, 1.54) is 5.56 Å². The molecule has 0 aliphatic rings. The largest absolute Gasteiger partial charge is 0.493 e. The predicted octanol–water partition coefficient (Wildman–Crippen LogP) is 4.21. The third-order valence-electron chi connectivity index (χ3n) is 4.95. The molecule has 2 rings (SSSR count). The summed E-state index contributed by atoms with van der Waals surface area (Å²) in [6, 6.07) is 14.1. The Morgan fingerprint density at radius 3 is 2.22 bits per heavy atom. The summed E-state index contributed by atoms with van der Waals surface area (Å²) in [5, 5.41) is 6.65. The van der Waals surface area contributed by atoms with Crippen LogP contribution in [-0.4, -0.2) is 54.0 Å². The van der Waals surface area contributed by atoms with Gasteiger partial charge < -0.3 is 29.6 Å². The first kappa shape index (κ1) is 27.8. The first-order chi connectivity index (χ1) is 15.1. The topological polar surface area (TPSA) is 73.3 Å². The third kappa shape index (κ3) is 8.38. The van der Waals surface area contributed by atoms with Crippen molar-refractivity contribution < 1.29 is 18.9 Å². The van der Waals surface area contributed by atoms with Crippen LogP contribution in [0.1, 0.15) is 30.6 Å². The molecule has 178 valence electrons. The second kappa shape index (κ2) is 15.6. The number of ether oxygens (including phenoxy) is 4. The Hall–Kier alpha value is -2.20. The lowest BCUT2D eigenvalue weighted by atomic mass is 10.1. The van der Waals surface area contributed by atoms with Crippen molar-refractivity contribution in [2.75, 3.05) is 48.1 Å². The van der Waals surface area contributed by atoms with Crippen LogP contribution in [0.5, 0.6) is 17.2 Å². The van der Waals surface area contributed by atoms with Crippen molar-refractivity contribution in [3.05, 3.63) is 53.6 Å². The molecule has 7 nitrogen and oxygen atoms in total. The molecule has 0 spiro atoms. The Morgan fingerprint density at radius 2 is 1.59 bits per heavy atom. The maximum absolute atomic E-state index is 5.91. The normalized spacial score (nSPS) is 11.8. The number of nitrogens with zero attached hydrogens (tertiary/aromatic N) is 1. The van der Waals surface area contributed by atoms with Crippen LogP contribution in [0, 0.1) is 0 Å². The van der Waals surface area contributed by atoms with Crippen LogP contribution < -0.4 is 24.8 Å². The standard InChI is InChI=1S/C24H35N3O4.HI/c1-18(19-10-7-6-8-11-19)31-17-9-15-26-24(25-2)27-16-14-20-12-13-21(28-3)23(30-5)22(20)29-4;/h6-8,10-13,18H,9,14-17H2,1-5H3,(H2,25,26,27);1H. The number of nitrogens with one attached hydrogen (secondary N) is 2. The number of guanidine groups is 1. The summed E-state index contributed by atoms with van der Waals surface area (Å²) in [4.78, 5) is 4.28. The van der Waals surface area contributed by atoms with Crippen LogP contribution in [0.4, 0.5) is 0 Å². The fourth-order valence-electron chi connectivity index (χ4n) is 3.26. The molecular weight excluding hydrogens is 521 g/mol. The Morgan fingerprint density at radius 1 is 0.906 bits per heavy atom. The first-order valence-corrected chi connectivity index (χ1v) is 10.5. The summed E-state index contributed by atoms with van der Waals surface area (Å²) in [5.74, 6) is 2.71. The predicted molar refractivity (Wildman–Crippen MR) is 140 cm³/mol. The molecule has 32 heavy (non-hydrogen) atoms. The zero-order valence-electron chi connectivity index (χ0n) is 19.6. The number of aliphatic imine (C=N–C) groups is 1. The molecule has 0 aromatic heterocycles. The van der Waals surface area contributed by atoms with E-state index in [-0.39, 0.29) is 30.1 Å². The monoisotopic (exact) mass is 557 g/mol. The van der Waals surface area contributed by atoms with Gasteiger partial charge in [0.1, 0.15) is 0 Å². The van der Waals surface area contributed by atoms with Crippen molar-refractivity contribution in [3.8, 4) is 17.2 Å². The van der Waals surface area contributed by atoms with E-state index < -0.39 is 0 Å². The minimum Gasteiger partial charge on any atom is -0.493 e. The first-order valence-electron chi connectivity index (χ1n) is 10.5. The number of halogens is 1. The fourth-order valence-corrected chi connectivity index (χ4v) is 3.26. The molecular formula is C24H36IN3O4. The molecule has 1 unspecified atom stereocenters. The van der Waals surface area contributed by atoms with E-state index in [1.807, 2.05) is 30.3 Å². The van der Waals surface area contributed by atoms with Crippen molar-refractivity contribution in [2.45, 2.75) is 25.9 Å². The highest BCUT2D eigenvalue weighted by molar-refractivity contribution is 14.0. The summed E-state index contributed by atoms with van der Waals surface area (Å²) >= 11 is 0. The van der Waals surface area contributed by atoms with Crippen molar-refractivity contribution >= 4 is 29.9 Å². The summed E-state index contributed by atoms with van der Waals surface area (Å²) in [5.41, 5.74) is 2.23. The zero-order valence-corrected chi connectivity index (χ0v) is 22.0. The van der Waals surface area contributed by atoms with Gasteiger partial charge in [-0.3, -0.25) is 4.99 Å². The molecule has 0 saturated heterocycles. The molecule has 0 radical (unpaired) electrons. The maximum Gasteiger partial charge on any atom is 0.203 e. The molecule has 0 aliphatic carbocycles. The minimum absolute atomic E-state index is 0. The molecule has 0 bridgehead atoms. The molecule has 0 heterocycles. The summed E-state index contributed by atoms with van der Waals surface area (Å²) in [6.45, 7) is 4.24. The van der Waals surface area contributed by atoms with E-state index >= 15 is 0 Å². The van der Waals surface area contributed by atoms with Crippen LogP contribution in [0.25, 0.3) is 0 Å². The van der Waals surface area contributed by atoms with Gasteiger partial charge in [0.2, 0.25) is 5.75 Å². The van der Waals surface area contributed by atoms with Gasteiger partial charge in [0.15, 0.2) is 17.5 Å². The fraction of sp³-hybridized carbons (Fsp3) is 0.458. The maximum atomic E-state index is 5.91. The number of benzene rings is 2. The number of rotatable bonds is 12. The van der Waals surface area contributed by atoms with Gasteiger partial charge in [-0.25, -0.2) is 0 Å². The lowest BCUT2D eigenvalue weighted by molar-refractivity contribution is 0.0646. The van der Waals surface area contributed by atoms with E-state index in [0.29, 0.717) is 30.4 Å². The highest BCUT2D eigenvalue weighted by Gasteiger charge is 2.15. The van der Waals surface area contributed by atoms with Crippen LogP contribution >= 0.6 is 24.0 Å². The van der Waals surface area contributed by atoms with E-state index in [1.54, 1.807) is 28.4 Å². The molecule has 0 aliphatic heterocycles. The van der Waals surface area contributed by atoms with Gasteiger partial charge in [-0.2, -0.15) is 0 Å². The van der Waals surface area contributed by atoms with Gasteiger partial charge in [-0.15, -0.1) is 24.0 Å². The van der Waals surface area contributed by atoms with Gasteiger partial charge in [0, 0.05) is 32.3 Å². The Labute approximate surface area is 208 Å². The van der Waals surface area contributed by atoms with E-state index in [0.717, 1.165) is 30.9 Å². The second-order valence-corrected chi connectivity index (χ2v) is 6.95. The van der Waals surface area contributed by atoms with Crippen LogP contribution in [-0.2, 0) is 11.2 Å². The highest BCUT2D eigenvalue weighted by Crippen LogP contribution is 2.39. The lowest BCUT2D eigenvalue weighted by Gasteiger charge is -2.17. The highest BCUT2D eigenvalue weighted by atomic mass is 127. The minimum atomic E-state index is 0. The van der Waals surface area contributed by atoms with Crippen LogP contribution in [0.15, 0.2) is 47.5 Å². The SMILES string of the molecule is CN=C(NCCCOC(C)c1ccccc1)NCCc1ccc(OC)c(OC)c1OC.I. The number of hydrogen-bond donors (Lipinski definition) is 2. The van der Waals surface area contributed by atoms with Gasteiger partial charge >= 0.3 is 0 Å². The van der Waals surface area contributed by atoms with Crippen molar-refractivity contribution in [1.82, 2.24) is 10.6 Å². The Balaban J connectivity index is 0.00000512. The van der Waals surface area contributed by atoms with E-state index in [4.69, 9.17) is 18.9 Å². The molecule has 2 N–H and O–H groups in total.